The smallest absolute Gasteiger partial charge is 0.472 e. The van der Waals surface area contributed by atoms with Gasteiger partial charge in [0, 0.05) is 13.0 Å². The summed E-state index contributed by atoms with van der Waals surface area (Å²) in [4.78, 5) is 33.5. The monoisotopic (exact) mass is 802 g/mol. The predicted octanol–water partition coefficient (Wildman–Crippen LogP) is 12.3. The molecule has 1 unspecified atom stereocenters. The molecule has 0 spiro atoms. The summed E-state index contributed by atoms with van der Waals surface area (Å²) < 4.78 is 33.4. The van der Waals surface area contributed by atoms with E-state index in [4.69, 9.17) is 29.4 Å². The number of unbranched alkanes of at least 4 members (excludes halogenated alkanes) is 25. The van der Waals surface area contributed by atoms with Crippen LogP contribution in [0.3, 0.4) is 0 Å². The summed E-state index contributed by atoms with van der Waals surface area (Å²) >= 11 is 0. The lowest BCUT2D eigenvalue weighted by Crippen LogP contribution is -2.34. The second-order valence-electron chi connectivity index (χ2n) is 15.2. The minimum Gasteiger partial charge on any atom is -0.480 e. The molecule has 324 valence electrons. The molecule has 0 saturated heterocycles. The number of rotatable bonds is 43. The molecule has 0 aliphatic heterocycles. The molecule has 0 aromatic carbocycles. The maximum Gasteiger partial charge on any atom is 0.472 e. The number of aliphatic carboxylic acids is 1. The largest absolute Gasteiger partial charge is 0.480 e. The quantitative estimate of drug-likeness (QED) is 0.0235. The number of carboxylic acids is 1. The highest BCUT2D eigenvalue weighted by atomic mass is 31.2. The van der Waals surface area contributed by atoms with Crippen LogP contribution in [0.1, 0.15) is 206 Å². The highest BCUT2D eigenvalue weighted by molar-refractivity contribution is 7.47. The Kier molecular flexibility index (Phi) is 39.5. The van der Waals surface area contributed by atoms with E-state index in [9.17, 15) is 19.0 Å². The summed E-state index contributed by atoms with van der Waals surface area (Å²) in [6.07, 6.45) is 43.6. The Bertz CT molecular complexity index is 977. The van der Waals surface area contributed by atoms with Crippen LogP contribution in [-0.2, 0) is 32.7 Å². The van der Waals surface area contributed by atoms with Crippen molar-refractivity contribution in [1.82, 2.24) is 0 Å². The Labute approximate surface area is 336 Å². The molecule has 10 nitrogen and oxygen atoms in total. The summed E-state index contributed by atoms with van der Waals surface area (Å²) in [7, 11) is -4.61. The van der Waals surface area contributed by atoms with Gasteiger partial charge in [0.1, 0.15) is 12.1 Å². The maximum absolute atomic E-state index is 12.6. The first kappa shape index (κ1) is 53.5. The van der Waals surface area contributed by atoms with Crippen molar-refractivity contribution in [3.63, 3.8) is 0 Å². The first-order chi connectivity index (χ1) is 26.7. The number of hydrogen-bond donors (Lipinski definition) is 3. The highest BCUT2D eigenvalue weighted by Crippen LogP contribution is 2.43. The molecule has 0 aromatic rings. The van der Waals surface area contributed by atoms with Gasteiger partial charge >= 0.3 is 19.8 Å². The number of nitrogens with two attached hydrogens (primary N) is 1. The van der Waals surface area contributed by atoms with Crippen LogP contribution >= 0.6 is 7.82 Å². The van der Waals surface area contributed by atoms with Gasteiger partial charge in [0.15, 0.2) is 0 Å². The Balaban J connectivity index is 4.20. The van der Waals surface area contributed by atoms with E-state index in [2.05, 4.69) is 38.2 Å². The van der Waals surface area contributed by atoms with Crippen LogP contribution < -0.4 is 5.73 Å². The number of allylic oxidation sites excluding steroid dienone is 4. The van der Waals surface area contributed by atoms with Gasteiger partial charge in [0.2, 0.25) is 0 Å². The van der Waals surface area contributed by atoms with Crippen molar-refractivity contribution in [2.24, 2.45) is 5.73 Å². The second kappa shape index (κ2) is 40.6. The van der Waals surface area contributed by atoms with E-state index >= 15 is 0 Å². The van der Waals surface area contributed by atoms with Crippen LogP contribution in [0.25, 0.3) is 0 Å². The van der Waals surface area contributed by atoms with Gasteiger partial charge in [-0.1, -0.05) is 179 Å². The number of phosphoric ester groups is 1. The zero-order chi connectivity index (χ0) is 40.5. The van der Waals surface area contributed by atoms with Crippen LogP contribution in [0, 0.1) is 0 Å². The SMILES string of the molecule is CCCCC/C=C\C/C=C\CCCCCCCCCCCC(=O)O[C@H](COCCCCCCCCCCCCCCCC)COP(=O)(O)OC[C@H](N)C(=O)O. The van der Waals surface area contributed by atoms with Gasteiger partial charge in [0.05, 0.1) is 19.8 Å². The fourth-order valence-corrected chi connectivity index (χ4v) is 7.00. The van der Waals surface area contributed by atoms with Gasteiger partial charge in [-0.25, -0.2) is 4.57 Å². The third-order valence-electron chi connectivity index (χ3n) is 9.73. The van der Waals surface area contributed by atoms with Crippen molar-refractivity contribution < 1.29 is 42.7 Å². The Morgan fingerprint density at radius 2 is 1.00 bits per heavy atom. The fraction of sp³-hybridized carbons (Fsp3) is 0.864. The average Bonchev–Trinajstić information content (AvgIpc) is 3.16. The average molecular weight is 802 g/mol. The number of esters is 1. The van der Waals surface area contributed by atoms with Crippen LogP contribution in [0.2, 0.25) is 0 Å². The zero-order valence-corrected chi connectivity index (χ0v) is 36.2. The van der Waals surface area contributed by atoms with Gasteiger partial charge in [-0.2, -0.15) is 0 Å². The van der Waals surface area contributed by atoms with Gasteiger partial charge < -0.3 is 25.2 Å². The molecule has 0 bridgehead atoms. The van der Waals surface area contributed by atoms with Gasteiger partial charge in [-0.3, -0.25) is 18.6 Å². The Morgan fingerprint density at radius 1 is 0.582 bits per heavy atom. The van der Waals surface area contributed by atoms with E-state index in [-0.39, 0.29) is 13.0 Å². The van der Waals surface area contributed by atoms with Crippen LogP contribution in [-0.4, -0.2) is 60.5 Å². The molecular weight excluding hydrogens is 717 g/mol. The van der Waals surface area contributed by atoms with Crippen LogP contribution in [0.15, 0.2) is 24.3 Å². The molecule has 0 amide bonds. The van der Waals surface area contributed by atoms with Crippen molar-refractivity contribution in [3.8, 4) is 0 Å². The molecule has 11 heteroatoms. The summed E-state index contributed by atoms with van der Waals surface area (Å²) in [6.45, 7) is 3.88. The number of ether oxygens (including phenoxy) is 2. The fourth-order valence-electron chi connectivity index (χ4n) is 6.22. The molecular formula is C44H84NO9P. The highest BCUT2D eigenvalue weighted by Gasteiger charge is 2.27. The summed E-state index contributed by atoms with van der Waals surface area (Å²) in [5.74, 6) is -1.78. The lowest BCUT2D eigenvalue weighted by Gasteiger charge is -2.20. The summed E-state index contributed by atoms with van der Waals surface area (Å²) in [5, 5.41) is 8.89. The molecule has 0 rings (SSSR count). The molecule has 0 aliphatic rings. The lowest BCUT2D eigenvalue weighted by molar-refractivity contribution is -0.154. The molecule has 0 aliphatic carbocycles. The molecule has 55 heavy (non-hydrogen) atoms. The van der Waals surface area contributed by atoms with Crippen molar-refractivity contribution in [3.05, 3.63) is 24.3 Å². The van der Waals surface area contributed by atoms with Crippen LogP contribution in [0.4, 0.5) is 0 Å². The van der Waals surface area contributed by atoms with E-state index in [0.717, 1.165) is 51.4 Å². The first-order valence-electron chi connectivity index (χ1n) is 22.4. The number of carbonyl (C=O) groups excluding carboxylic acids is 1. The van der Waals surface area contributed by atoms with E-state index in [1.165, 1.54) is 128 Å². The standard InChI is InChI=1S/C44H84NO9P/c1-3-5-7-9-11-13-15-17-19-20-21-22-23-24-26-28-30-32-34-36-43(46)54-41(39-52-55(49,50)53-40-42(45)44(47)48)38-51-37-35-33-31-29-27-25-18-16-14-12-10-8-6-4-2/h11,13,17,19,41-42H,3-10,12,14-16,18,20-40,45H2,1-2H3,(H,47,48)(H,49,50)/b13-11-,19-17-/t41-,42+/m1/s1. The second-order valence-corrected chi connectivity index (χ2v) is 16.6. The Hall–Kier alpha value is -1.55. The van der Waals surface area contributed by atoms with Gasteiger partial charge in [0.25, 0.3) is 0 Å². The van der Waals surface area contributed by atoms with E-state index in [0.29, 0.717) is 13.0 Å². The topological polar surface area (TPSA) is 155 Å². The minimum atomic E-state index is -4.61. The van der Waals surface area contributed by atoms with E-state index in [1.807, 2.05) is 0 Å². The molecule has 0 radical (unpaired) electrons. The van der Waals surface area contributed by atoms with Gasteiger partial charge in [-0.05, 0) is 44.9 Å². The third kappa shape index (κ3) is 40.4. The molecule has 0 fully saturated rings. The summed E-state index contributed by atoms with van der Waals surface area (Å²) in [6, 6.07) is -1.47. The van der Waals surface area contributed by atoms with Crippen molar-refractivity contribution in [2.45, 2.75) is 219 Å². The Morgan fingerprint density at radius 3 is 1.51 bits per heavy atom. The maximum atomic E-state index is 12.6. The number of hydrogen-bond acceptors (Lipinski definition) is 8. The number of carbonyl (C=O) groups is 2. The molecule has 0 saturated carbocycles. The summed E-state index contributed by atoms with van der Waals surface area (Å²) in [5.41, 5.74) is 5.36. The molecule has 0 aromatic heterocycles. The first-order valence-corrected chi connectivity index (χ1v) is 23.9. The zero-order valence-electron chi connectivity index (χ0n) is 35.3. The third-order valence-corrected chi connectivity index (χ3v) is 10.7. The molecule has 3 atom stereocenters. The van der Waals surface area contributed by atoms with E-state index < -0.39 is 45.1 Å². The van der Waals surface area contributed by atoms with Crippen molar-refractivity contribution in [1.29, 1.82) is 0 Å². The molecule has 4 N–H and O–H groups in total. The van der Waals surface area contributed by atoms with Crippen LogP contribution in [0.5, 0.6) is 0 Å². The van der Waals surface area contributed by atoms with Gasteiger partial charge in [-0.15, -0.1) is 0 Å². The minimum absolute atomic E-state index is 0.0195. The predicted molar refractivity (Wildman–Crippen MR) is 226 cm³/mol. The number of carboxylic acid groups (broad SMARTS) is 1. The normalized spacial score (nSPS) is 14.1. The number of phosphoric acid groups is 1. The molecule has 0 heterocycles. The van der Waals surface area contributed by atoms with Crippen molar-refractivity contribution in [2.75, 3.05) is 26.4 Å². The lowest BCUT2D eigenvalue weighted by atomic mass is 10.0. The van der Waals surface area contributed by atoms with E-state index in [1.54, 1.807) is 0 Å². The van der Waals surface area contributed by atoms with Crippen molar-refractivity contribution >= 4 is 19.8 Å².